The van der Waals surface area contributed by atoms with E-state index in [4.69, 9.17) is 19.6 Å². The molecule has 1 atom stereocenters. The number of amides is 1. The standard InChI is InChI=1S/C26H24N6O3/c1-16-22(25(33)29-19-10-7-13-27-15-19)23(18-11-12-20(34-2)21(14-18)35-3)32-26(28-16)30-24(31-32)17-8-5-4-6-9-17/h4-15,23H,1-3H3,(H,29,33)(H,28,30,31)/t23-/m0/s1. The minimum Gasteiger partial charge on any atom is -0.493 e. The summed E-state index contributed by atoms with van der Waals surface area (Å²) in [5, 5.41) is 11.0. The molecule has 4 aromatic rings. The highest BCUT2D eigenvalue weighted by molar-refractivity contribution is 6.06. The molecule has 0 fully saturated rings. The van der Waals surface area contributed by atoms with E-state index in [-0.39, 0.29) is 5.91 Å². The van der Waals surface area contributed by atoms with Gasteiger partial charge in [-0.3, -0.25) is 9.78 Å². The van der Waals surface area contributed by atoms with Crippen molar-refractivity contribution in [2.45, 2.75) is 13.0 Å². The highest BCUT2D eigenvalue weighted by Crippen LogP contribution is 2.39. The first-order chi connectivity index (χ1) is 17.1. The molecule has 1 aliphatic heterocycles. The van der Waals surface area contributed by atoms with Crippen LogP contribution in [0.3, 0.4) is 0 Å². The number of hydrogen-bond acceptors (Lipinski definition) is 7. The second-order valence-corrected chi connectivity index (χ2v) is 7.95. The lowest BCUT2D eigenvalue weighted by Crippen LogP contribution is -2.31. The van der Waals surface area contributed by atoms with Gasteiger partial charge in [0.1, 0.15) is 6.04 Å². The molecule has 2 aromatic carbocycles. The Kier molecular flexibility index (Phi) is 5.88. The van der Waals surface area contributed by atoms with E-state index in [1.165, 1.54) is 0 Å². The normalized spacial score (nSPS) is 14.7. The van der Waals surface area contributed by atoms with Crippen molar-refractivity contribution in [3.8, 4) is 22.9 Å². The van der Waals surface area contributed by atoms with Crippen LogP contribution in [0.4, 0.5) is 11.6 Å². The van der Waals surface area contributed by atoms with Crippen molar-refractivity contribution in [3.05, 3.63) is 89.9 Å². The van der Waals surface area contributed by atoms with Crippen molar-refractivity contribution in [1.82, 2.24) is 19.7 Å². The fourth-order valence-electron chi connectivity index (χ4n) is 4.12. The fraction of sp³-hybridized carbons (Fsp3) is 0.154. The molecule has 0 spiro atoms. The number of pyridine rings is 1. The van der Waals surface area contributed by atoms with Crippen molar-refractivity contribution in [1.29, 1.82) is 0 Å². The molecule has 2 N–H and O–H groups in total. The Morgan fingerprint density at radius 1 is 1.03 bits per heavy atom. The van der Waals surface area contributed by atoms with Gasteiger partial charge in [-0.05, 0) is 36.8 Å². The summed E-state index contributed by atoms with van der Waals surface area (Å²) >= 11 is 0. The number of nitrogens with one attached hydrogen (secondary N) is 2. The molecular weight excluding hydrogens is 444 g/mol. The van der Waals surface area contributed by atoms with E-state index in [1.807, 2.05) is 55.5 Å². The number of aromatic nitrogens is 4. The Morgan fingerprint density at radius 2 is 1.83 bits per heavy atom. The molecule has 2 aromatic heterocycles. The Hall–Kier alpha value is -4.66. The van der Waals surface area contributed by atoms with Crippen LogP contribution in [-0.4, -0.2) is 39.9 Å². The zero-order chi connectivity index (χ0) is 24.4. The zero-order valence-corrected chi connectivity index (χ0v) is 19.5. The summed E-state index contributed by atoms with van der Waals surface area (Å²) in [6.45, 7) is 1.85. The van der Waals surface area contributed by atoms with Crippen molar-refractivity contribution in [2.24, 2.45) is 0 Å². The molecule has 0 saturated carbocycles. The van der Waals surface area contributed by atoms with Crippen LogP contribution in [0.5, 0.6) is 11.5 Å². The number of methoxy groups -OCH3 is 2. The van der Waals surface area contributed by atoms with Gasteiger partial charge in [0.25, 0.3) is 5.91 Å². The van der Waals surface area contributed by atoms with E-state index in [0.717, 1.165) is 11.1 Å². The molecule has 35 heavy (non-hydrogen) atoms. The van der Waals surface area contributed by atoms with Crippen LogP contribution in [0.2, 0.25) is 0 Å². The molecule has 5 rings (SSSR count). The largest absolute Gasteiger partial charge is 0.493 e. The third-order valence-corrected chi connectivity index (χ3v) is 5.77. The first-order valence-electron chi connectivity index (χ1n) is 11.0. The first-order valence-corrected chi connectivity index (χ1v) is 11.0. The predicted molar refractivity (Wildman–Crippen MR) is 132 cm³/mol. The third-order valence-electron chi connectivity index (χ3n) is 5.77. The molecule has 9 heteroatoms. The average Bonchev–Trinajstić information content (AvgIpc) is 3.32. The minimum absolute atomic E-state index is 0.273. The Labute approximate surface area is 202 Å². The SMILES string of the molecule is COc1ccc([C@H]2C(C(=O)Nc3cccnc3)=C(C)Nc3nc(-c4ccccc4)nn32)cc1OC. The highest BCUT2D eigenvalue weighted by atomic mass is 16.5. The molecule has 0 unspecified atom stereocenters. The van der Waals surface area contributed by atoms with Gasteiger partial charge >= 0.3 is 0 Å². The number of rotatable bonds is 6. The van der Waals surface area contributed by atoms with Crippen LogP contribution in [-0.2, 0) is 4.79 Å². The molecule has 0 aliphatic carbocycles. The van der Waals surface area contributed by atoms with Gasteiger partial charge in [0, 0.05) is 17.5 Å². The monoisotopic (exact) mass is 468 g/mol. The number of ether oxygens (including phenoxy) is 2. The number of anilines is 2. The van der Waals surface area contributed by atoms with Crippen LogP contribution in [0.25, 0.3) is 11.4 Å². The molecule has 1 aliphatic rings. The summed E-state index contributed by atoms with van der Waals surface area (Å²) in [5.74, 6) is 1.97. The number of hydrogen-bond donors (Lipinski definition) is 2. The van der Waals surface area contributed by atoms with Crippen molar-refractivity contribution >= 4 is 17.5 Å². The van der Waals surface area contributed by atoms with Crippen LogP contribution in [0, 0.1) is 0 Å². The van der Waals surface area contributed by atoms with E-state index in [1.54, 1.807) is 43.4 Å². The van der Waals surface area contributed by atoms with Crippen LogP contribution < -0.4 is 20.1 Å². The van der Waals surface area contributed by atoms with Gasteiger partial charge in [-0.2, -0.15) is 4.98 Å². The molecule has 9 nitrogen and oxygen atoms in total. The van der Waals surface area contributed by atoms with Gasteiger partial charge in [-0.1, -0.05) is 36.4 Å². The summed E-state index contributed by atoms with van der Waals surface area (Å²) in [6, 6.07) is 18.3. The fourth-order valence-corrected chi connectivity index (χ4v) is 4.12. The first kappa shape index (κ1) is 22.1. The number of carbonyl (C=O) groups is 1. The summed E-state index contributed by atoms with van der Waals surface area (Å²) in [6.07, 6.45) is 3.26. The van der Waals surface area contributed by atoms with Crippen molar-refractivity contribution in [3.63, 3.8) is 0 Å². The number of fused-ring (bicyclic) bond motifs is 1. The Balaban J connectivity index is 1.63. The summed E-state index contributed by atoms with van der Waals surface area (Å²) in [5.41, 5.74) is 3.44. The number of nitrogens with zero attached hydrogens (tertiary/aromatic N) is 4. The zero-order valence-electron chi connectivity index (χ0n) is 19.5. The van der Waals surface area contributed by atoms with Gasteiger partial charge in [-0.25, -0.2) is 4.68 Å². The molecule has 0 saturated heterocycles. The van der Waals surface area contributed by atoms with Gasteiger partial charge in [0.15, 0.2) is 17.3 Å². The van der Waals surface area contributed by atoms with Crippen LogP contribution in [0.1, 0.15) is 18.5 Å². The summed E-state index contributed by atoms with van der Waals surface area (Å²) in [4.78, 5) is 22.4. The third kappa shape index (κ3) is 4.19. The maximum atomic E-state index is 13.6. The van der Waals surface area contributed by atoms with E-state index in [2.05, 4.69) is 15.6 Å². The lowest BCUT2D eigenvalue weighted by Gasteiger charge is -2.29. The molecule has 0 bridgehead atoms. The van der Waals surface area contributed by atoms with Gasteiger partial charge in [0.05, 0.1) is 31.7 Å². The average molecular weight is 469 g/mol. The Morgan fingerprint density at radius 3 is 2.54 bits per heavy atom. The molecular formula is C26H24N6O3. The predicted octanol–water partition coefficient (Wildman–Crippen LogP) is 4.28. The molecule has 176 valence electrons. The lowest BCUT2D eigenvalue weighted by atomic mass is 9.94. The van der Waals surface area contributed by atoms with Crippen molar-refractivity contribution < 1.29 is 14.3 Å². The van der Waals surface area contributed by atoms with E-state index < -0.39 is 6.04 Å². The highest BCUT2D eigenvalue weighted by Gasteiger charge is 2.35. The number of benzene rings is 2. The van der Waals surface area contributed by atoms with Gasteiger partial charge in [-0.15, -0.1) is 5.10 Å². The van der Waals surface area contributed by atoms with Crippen LogP contribution >= 0.6 is 0 Å². The minimum atomic E-state index is -0.562. The second-order valence-electron chi connectivity index (χ2n) is 7.95. The second kappa shape index (κ2) is 9.30. The van der Waals surface area contributed by atoms with E-state index >= 15 is 0 Å². The van der Waals surface area contributed by atoms with Crippen molar-refractivity contribution in [2.75, 3.05) is 24.9 Å². The summed E-state index contributed by atoms with van der Waals surface area (Å²) in [7, 11) is 3.16. The molecule has 1 amide bonds. The van der Waals surface area contributed by atoms with E-state index in [0.29, 0.717) is 40.2 Å². The smallest absolute Gasteiger partial charge is 0.255 e. The summed E-state index contributed by atoms with van der Waals surface area (Å²) < 4.78 is 12.7. The van der Waals surface area contributed by atoms with Gasteiger partial charge in [0.2, 0.25) is 5.95 Å². The number of allylic oxidation sites excluding steroid dienone is 1. The maximum absolute atomic E-state index is 13.6. The quantitative estimate of drug-likeness (QED) is 0.435. The van der Waals surface area contributed by atoms with E-state index in [9.17, 15) is 4.79 Å². The maximum Gasteiger partial charge on any atom is 0.255 e. The molecule has 0 radical (unpaired) electrons. The van der Waals surface area contributed by atoms with Gasteiger partial charge < -0.3 is 20.1 Å². The topological polar surface area (TPSA) is 103 Å². The van der Waals surface area contributed by atoms with Crippen LogP contribution in [0.15, 0.2) is 84.3 Å². The number of carbonyl (C=O) groups excluding carboxylic acids is 1. The molecule has 3 heterocycles. The Bertz CT molecular complexity index is 1400. The lowest BCUT2D eigenvalue weighted by molar-refractivity contribution is -0.113.